The molecule has 4 aromatic rings. The van der Waals surface area contributed by atoms with Crippen molar-refractivity contribution in [3.05, 3.63) is 97.3 Å². The van der Waals surface area contributed by atoms with Gasteiger partial charge < -0.3 is 25.8 Å². The van der Waals surface area contributed by atoms with E-state index in [1.165, 1.54) is 18.2 Å². The van der Waals surface area contributed by atoms with Gasteiger partial charge in [0.05, 0.1) is 5.69 Å². The first-order chi connectivity index (χ1) is 18.9. The van der Waals surface area contributed by atoms with E-state index in [9.17, 15) is 9.18 Å². The van der Waals surface area contributed by atoms with Gasteiger partial charge in [0.15, 0.2) is 0 Å². The van der Waals surface area contributed by atoms with Gasteiger partial charge in [-0.15, -0.1) is 0 Å². The second kappa shape index (κ2) is 11.7. The average Bonchev–Trinajstić information content (AvgIpc) is 2.93. The Bertz CT molecular complexity index is 1480. The van der Waals surface area contributed by atoms with E-state index in [1.54, 1.807) is 24.3 Å². The lowest BCUT2D eigenvalue weighted by Gasteiger charge is -2.34. The van der Waals surface area contributed by atoms with Crippen LogP contribution in [0.2, 0.25) is 0 Å². The van der Waals surface area contributed by atoms with Crippen molar-refractivity contribution >= 4 is 40.4 Å². The van der Waals surface area contributed by atoms with Crippen LogP contribution in [0.15, 0.2) is 91.5 Å². The molecule has 0 aliphatic carbocycles. The van der Waals surface area contributed by atoms with Crippen molar-refractivity contribution < 1.29 is 9.18 Å². The standard InChI is InChI=1S/C30H30FN7O/c1-3-29(39)33-23-9-4-7-21(17-23)27-20-28(32-24-10-5-8-22(31)18-24)36-30(35-27)34-25-11-6-12-26(19-25)38-15-13-37(2)14-16-38/h3-12,17-20H,1,13-16H2,2H3,(H,33,39)(H2,32,34,35,36). The largest absolute Gasteiger partial charge is 0.369 e. The molecule has 0 spiro atoms. The van der Waals surface area contributed by atoms with Gasteiger partial charge in [-0.2, -0.15) is 4.98 Å². The van der Waals surface area contributed by atoms with Crippen molar-refractivity contribution in [2.45, 2.75) is 0 Å². The molecule has 2 heterocycles. The van der Waals surface area contributed by atoms with Gasteiger partial charge in [-0.25, -0.2) is 9.37 Å². The van der Waals surface area contributed by atoms with Gasteiger partial charge >= 0.3 is 0 Å². The molecule has 9 heteroatoms. The molecule has 8 nitrogen and oxygen atoms in total. The summed E-state index contributed by atoms with van der Waals surface area (Å²) in [5.41, 5.74) is 4.56. The van der Waals surface area contributed by atoms with Gasteiger partial charge in [0.25, 0.3) is 0 Å². The van der Waals surface area contributed by atoms with Gasteiger partial charge in [0.2, 0.25) is 11.9 Å². The number of hydrogen-bond donors (Lipinski definition) is 3. The lowest BCUT2D eigenvalue weighted by atomic mass is 10.1. The monoisotopic (exact) mass is 523 g/mol. The molecule has 39 heavy (non-hydrogen) atoms. The summed E-state index contributed by atoms with van der Waals surface area (Å²) in [6.45, 7) is 7.47. The predicted molar refractivity (Wildman–Crippen MR) is 155 cm³/mol. The number of carbonyl (C=O) groups is 1. The van der Waals surface area contributed by atoms with Gasteiger partial charge in [0.1, 0.15) is 11.6 Å². The number of hydrogen-bond acceptors (Lipinski definition) is 7. The second-order valence-electron chi connectivity index (χ2n) is 9.34. The number of amides is 1. The molecular formula is C30H30FN7O. The molecule has 0 unspecified atom stereocenters. The summed E-state index contributed by atoms with van der Waals surface area (Å²) >= 11 is 0. The highest BCUT2D eigenvalue weighted by molar-refractivity contribution is 5.99. The van der Waals surface area contributed by atoms with Crippen molar-refractivity contribution in [3.63, 3.8) is 0 Å². The zero-order chi connectivity index (χ0) is 27.2. The maximum Gasteiger partial charge on any atom is 0.247 e. The van der Waals surface area contributed by atoms with E-state index >= 15 is 0 Å². The molecule has 3 aromatic carbocycles. The van der Waals surface area contributed by atoms with E-state index in [1.807, 2.05) is 30.3 Å². The Balaban J connectivity index is 1.47. The molecule has 1 aliphatic heterocycles. The zero-order valence-corrected chi connectivity index (χ0v) is 21.7. The molecular weight excluding hydrogens is 493 g/mol. The summed E-state index contributed by atoms with van der Waals surface area (Å²) in [6, 6.07) is 23.5. The van der Waals surface area contributed by atoms with Crippen molar-refractivity contribution in [1.82, 2.24) is 14.9 Å². The summed E-state index contributed by atoms with van der Waals surface area (Å²) in [6.07, 6.45) is 1.22. The Kier molecular flexibility index (Phi) is 7.79. The molecule has 0 radical (unpaired) electrons. The molecule has 1 fully saturated rings. The van der Waals surface area contributed by atoms with Crippen molar-refractivity contribution in [3.8, 4) is 11.3 Å². The smallest absolute Gasteiger partial charge is 0.247 e. The number of piperazine rings is 1. The van der Waals surface area contributed by atoms with Crippen LogP contribution in [0.3, 0.4) is 0 Å². The lowest BCUT2D eigenvalue weighted by molar-refractivity contribution is -0.111. The SMILES string of the molecule is C=CC(=O)Nc1cccc(-c2cc(Nc3cccc(F)c3)nc(Nc3cccc(N4CCN(C)CC4)c3)n2)c1. The normalized spacial score (nSPS) is 13.5. The highest BCUT2D eigenvalue weighted by Crippen LogP contribution is 2.28. The first-order valence-electron chi connectivity index (χ1n) is 12.7. The van der Waals surface area contributed by atoms with E-state index in [2.05, 4.69) is 56.5 Å². The molecule has 5 rings (SSSR count). The number of likely N-dealkylation sites (N-methyl/N-ethyl adjacent to an activating group) is 1. The molecule has 1 saturated heterocycles. The number of nitrogens with zero attached hydrogens (tertiary/aromatic N) is 4. The second-order valence-corrected chi connectivity index (χ2v) is 9.34. The van der Waals surface area contributed by atoms with Crippen LogP contribution in [0.4, 0.5) is 38.9 Å². The fourth-order valence-electron chi connectivity index (χ4n) is 4.35. The van der Waals surface area contributed by atoms with Crippen LogP contribution in [-0.4, -0.2) is 54.0 Å². The molecule has 0 saturated carbocycles. The topological polar surface area (TPSA) is 85.4 Å². The highest BCUT2D eigenvalue weighted by atomic mass is 19.1. The summed E-state index contributed by atoms with van der Waals surface area (Å²) in [7, 11) is 2.14. The molecule has 1 aromatic heterocycles. The number of halogens is 1. The minimum absolute atomic E-state index is 0.300. The lowest BCUT2D eigenvalue weighted by Crippen LogP contribution is -2.44. The number of rotatable bonds is 8. The van der Waals surface area contributed by atoms with Crippen molar-refractivity contribution in [1.29, 1.82) is 0 Å². The molecule has 198 valence electrons. The fourth-order valence-corrected chi connectivity index (χ4v) is 4.35. The van der Waals surface area contributed by atoms with Gasteiger partial charge in [-0.1, -0.05) is 30.8 Å². The third-order valence-corrected chi connectivity index (χ3v) is 6.41. The molecule has 1 aliphatic rings. The molecule has 0 bridgehead atoms. The van der Waals surface area contributed by atoms with E-state index < -0.39 is 0 Å². The Labute approximate surface area is 227 Å². The molecule has 1 amide bonds. The van der Waals surface area contributed by atoms with Gasteiger partial charge in [0, 0.05) is 60.6 Å². The van der Waals surface area contributed by atoms with Crippen LogP contribution in [-0.2, 0) is 4.79 Å². The van der Waals surface area contributed by atoms with Crippen molar-refractivity contribution in [2.75, 3.05) is 54.1 Å². The third-order valence-electron chi connectivity index (χ3n) is 6.41. The number of anilines is 6. The van der Waals surface area contributed by atoms with Crippen molar-refractivity contribution in [2.24, 2.45) is 0 Å². The third kappa shape index (κ3) is 6.77. The first kappa shape index (κ1) is 25.9. The van der Waals surface area contributed by atoms with E-state index in [4.69, 9.17) is 4.98 Å². The van der Waals surface area contributed by atoms with Gasteiger partial charge in [-0.05, 0) is 61.7 Å². The number of carbonyl (C=O) groups excluding carboxylic acids is 1. The number of aromatic nitrogens is 2. The average molecular weight is 524 g/mol. The van der Waals surface area contributed by atoms with Crippen LogP contribution in [0.1, 0.15) is 0 Å². The maximum absolute atomic E-state index is 13.8. The van der Waals surface area contributed by atoms with Crippen LogP contribution >= 0.6 is 0 Å². The van der Waals surface area contributed by atoms with Crippen LogP contribution in [0, 0.1) is 5.82 Å². The Morgan fingerprint density at radius 2 is 1.59 bits per heavy atom. The number of benzene rings is 3. The number of nitrogens with one attached hydrogen (secondary N) is 3. The minimum Gasteiger partial charge on any atom is -0.369 e. The molecule has 0 atom stereocenters. The van der Waals surface area contributed by atoms with Gasteiger partial charge in [-0.3, -0.25) is 4.79 Å². The Hall–Kier alpha value is -4.76. The summed E-state index contributed by atoms with van der Waals surface area (Å²) in [5, 5.41) is 9.29. The first-order valence-corrected chi connectivity index (χ1v) is 12.7. The summed E-state index contributed by atoms with van der Waals surface area (Å²) < 4.78 is 13.8. The van der Waals surface area contributed by atoms with E-state index in [-0.39, 0.29) is 11.7 Å². The fraction of sp³-hybridized carbons (Fsp3) is 0.167. The van der Waals surface area contributed by atoms with E-state index in [0.717, 1.165) is 43.1 Å². The highest BCUT2D eigenvalue weighted by Gasteiger charge is 2.15. The van der Waals surface area contributed by atoms with Crippen LogP contribution in [0.25, 0.3) is 11.3 Å². The minimum atomic E-state index is -0.348. The Morgan fingerprint density at radius 3 is 2.36 bits per heavy atom. The van der Waals surface area contributed by atoms with E-state index in [0.29, 0.717) is 28.8 Å². The summed E-state index contributed by atoms with van der Waals surface area (Å²) in [4.78, 5) is 25.9. The quantitative estimate of drug-likeness (QED) is 0.258. The van der Waals surface area contributed by atoms with Crippen LogP contribution in [0.5, 0.6) is 0 Å². The Morgan fingerprint density at radius 1 is 0.872 bits per heavy atom. The zero-order valence-electron chi connectivity index (χ0n) is 21.7. The predicted octanol–water partition coefficient (Wildman–Crippen LogP) is 5.65. The molecule has 3 N–H and O–H groups in total. The van der Waals surface area contributed by atoms with Crippen LogP contribution < -0.4 is 20.9 Å². The maximum atomic E-state index is 13.8. The summed E-state index contributed by atoms with van der Waals surface area (Å²) in [5.74, 6) is 0.219.